The highest BCUT2D eigenvalue weighted by Gasteiger charge is 2.24. The van der Waals surface area contributed by atoms with E-state index in [0.717, 1.165) is 22.4 Å². The predicted molar refractivity (Wildman–Crippen MR) is 66.5 cm³/mol. The molecular formula is C13H16N2O2. The van der Waals surface area contributed by atoms with Gasteiger partial charge in [0.05, 0.1) is 0 Å². The molecule has 2 aromatic rings. The Morgan fingerprint density at radius 2 is 2.00 bits per heavy atom. The number of hydrogen-bond donors (Lipinski definition) is 2. The van der Waals surface area contributed by atoms with Crippen LogP contribution >= 0.6 is 0 Å². The van der Waals surface area contributed by atoms with Crippen molar-refractivity contribution in [3.05, 3.63) is 23.9 Å². The second kappa shape index (κ2) is 3.40. The molecule has 4 heteroatoms. The van der Waals surface area contributed by atoms with Gasteiger partial charge in [0.15, 0.2) is 11.5 Å². The van der Waals surface area contributed by atoms with E-state index in [9.17, 15) is 0 Å². The van der Waals surface area contributed by atoms with Gasteiger partial charge in [-0.3, -0.25) is 0 Å². The predicted octanol–water partition coefficient (Wildman–Crippen LogP) is 2.13. The Kier molecular flexibility index (Phi) is 2.10. The van der Waals surface area contributed by atoms with Gasteiger partial charge in [-0.05, 0) is 11.6 Å². The van der Waals surface area contributed by atoms with E-state index < -0.39 is 0 Å². The standard InChI is InChI=1S/C13H16N2O2/c1-13(2,6-14)9-5-15-10-4-12-11(3-8(9)10)16-7-17-12/h3-5,15H,6-7,14H2,1-2H3. The Hall–Kier alpha value is -1.68. The summed E-state index contributed by atoms with van der Waals surface area (Å²) in [6, 6.07) is 4.01. The minimum Gasteiger partial charge on any atom is -0.454 e. The molecule has 3 rings (SSSR count). The molecule has 2 heterocycles. The molecule has 0 aliphatic carbocycles. The summed E-state index contributed by atoms with van der Waals surface area (Å²) in [4.78, 5) is 3.27. The van der Waals surface area contributed by atoms with Crippen LogP contribution in [0.3, 0.4) is 0 Å². The fraction of sp³-hybridized carbons (Fsp3) is 0.385. The van der Waals surface area contributed by atoms with Gasteiger partial charge in [-0.1, -0.05) is 13.8 Å². The van der Waals surface area contributed by atoms with E-state index in [4.69, 9.17) is 15.2 Å². The lowest BCUT2D eigenvalue weighted by molar-refractivity contribution is 0.174. The summed E-state index contributed by atoms with van der Waals surface area (Å²) in [7, 11) is 0. The van der Waals surface area contributed by atoms with Crippen LogP contribution in [0, 0.1) is 0 Å². The summed E-state index contributed by atoms with van der Waals surface area (Å²) in [6.07, 6.45) is 2.02. The molecule has 0 amide bonds. The van der Waals surface area contributed by atoms with Crippen LogP contribution < -0.4 is 15.2 Å². The van der Waals surface area contributed by atoms with Crippen LogP contribution in [-0.4, -0.2) is 18.3 Å². The van der Waals surface area contributed by atoms with Crippen molar-refractivity contribution in [3.8, 4) is 11.5 Å². The van der Waals surface area contributed by atoms with Crippen LogP contribution in [0.15, 0.2) is 18.3 Å². The molecule has 1 aliphatic rings. The molecule has 0 unspecified atom stereocenters. The monoisotopic (exact) mass is 232 g/mol. The van der Waals surface area contributed by atoms with Gasteiger partial charge in [-0.25, -0.2) is 0 Å². The van der Waals surface area contributed by atoms with Crippen molar-refractivity contribution in [2.45, 2.75) is 19.3 Å². The minimum atomic E-state index is -0.0497. The number of hydrogen-bond acceptors (Lipinski definition) is 3. The summed E-state index contributed by atoms with van der Waals surface area (Å²) >= 11 is 0. The van der Waals surface area contributed by atoms with E-state index in [-0.39, 0.29) is 5.41 Å². The lowest BCUT2D eigenvalue weighted by atomic mass is 9.84. The number of nitrogens with two attached hydrogens (primary N) is 1. The van der Waals surface area contributed by atoms with Gasteiger partial charge in [0, 0.05) is 35.1 Å². The first-order valence-corrected chi connectivity index (χ1v) is 5.73. The van der Waals surface area contributed by atoms with E-state index in [1.165, 1.54) is 5.56 Å². The largest absolute Gasteiger partial charge is 0.454 e. The maximum Gasteiger partial charge on any atom is 0.231 e. The Balaban J connectivity index is 2.22. The van der Waals surface area contributed by atoms with Gasteiger partial charge in [0.2, 0.25) is 6.79 Å². The molecule has 0 radical (unpaired) electrons. The van der Waals surface area contributed by atoms with E-state index in [1.54, 1.807) is 0 Å². The molecule has 0 atom stereocenters. The SMILES string of the molecule is CC(C)(CN)c1c[nH]c2cc3c(cc12)OCO3. The number of rotatable bonds is 2. The molecule has 0 bridgehead atoms. The smallest absolute Gasteiger partial charge is 0.231 e. The second-order valence-corrected chi connectivity index (χ2v) is 5.04. The second-order valence-electron chi connectivity index (χ2n) is 5.04. The number of benzene rings is 1. The maximum absolute atomic E-state index is 5.83. The quantitative estimate of drug-likeness (QED) is 0.833. The molecule has 0 saturated carbocycles. The van der Waals surface area contributed by atoms with E-state index in [1.807, 2.05) is 18.3 Å². The van der Waals surface area contributed by atoms with Crippen molar-refractivity contribution in [2.24, 2.45) is 5.73 Å². The highest BCUT2D eigenvalue weighted by Crippen LogP contribution is 2.39. The van der Waals surface area contributed by atoms with Crippen molar-refractivity contribution in [1.29, 1.82) is 0 Å². The van der Waals surface area contributed by atoms with E-state index >= 15 is 0 Å². The van der Waals surface area contributed by atoms with Gasteiger partial charge >= 0.3 is 0 Å². The van der Waals surface area contributed by atoms with Crippen LogP contribution in [0.5, 0.6) is 11.5 Å². The number of fused-ring (bicyclic) bond motifs is 2. The van der Waals surface area contributed by atoms with Gasteiger partial charge in [0.1, 0.15) is 0 Å². The van der Waals surface area contributed by atoms with Crippen LogP contribution in [-0.2, 0) is 5.41 Å². The van der Waals surface area contributed by atoms with Crippen molar-refractivity contribution < 1.29 is 9.47 Å². The minimum absolute atomic E-state index is 0.0497. The van der Waals surface area contributed by atoms with Crippen LogP contribution in [0.2, 0.25) is 0 Å². The Bertz CT molecular complexity index is 572. The molecule has 4 nitrogen and oxygen atoms in total. The summed E-state index contributed by atoms with van der Waals surface area (Å²) in [5.74, 6) is 1.61. The lowest BCUT2D eigenvalue weighted by Crippen LogP contribution is -2.27. The van der Waals surface area contributed by atoms with Crippen molar-refractivity contribution in [2.75, 3.05) is 13.3 Å². The average Bonchev–Trinajstić information content (AvgIpc) is 2.90. The Labute approximate surface area is 99.7 Å². The van der Waals surface area contributed by atoms with Gasteiger partial charge in [-0.2, -0.15) is 0 Å². The number of nitrogens with one attached hydrogen (secondary N) is 1. The summed E-state index contributed by atoms with van der Waals surface area (Å²) < 4.78 is 10.8. The van der Waals surface area contributed by atoms with E-state index in [0.29, 0.717) is 13.3 Å². The molecule has 1 aromatic heterocycles. The van der Waals surface area contributed by atoms with Gasteiger partial charge < -0.3 is 20.2 Å². The number of aromatic nitrogens is 1. The first kappa shape index (κ1) is 10.5. The normalized spacial score (nSPS) is 14.5. The molecule has 3 N–H and O–H groups in total. The lowest BCUT2D eigenvalue weighted by Gasteiger charge is -2.21. The maximum atomic E-state index is 5.83. The third kappa shape index (κ3) is 1.48. The molecular weight excluding hydrogens is 216 g/mol. The highest BCUT2D eigenvalue weighted by molar-refractivity contribution is 5.87. The Morgan fingerprint density at radius 3 is 2.71 bits per heavy atom. The molecule has 17 heavy (non-hydrogen) atoms. The van der Waals surface area contributed by atoms with Crippen LogP contribution in [0.4, 0.5) is 0 Å². The van der Waals surface area contributed by atoms with Crippen LogP contribution in [0.1, 0.15) is 19.4 Å². The molecule has 1 aromatic carbocycles. The van der Waals surface area contributed by atoms with Crippen LogP contribution in [0.25, 0.3) is 10.9 Å². The van der Waals surface area contributed by atoms with Gasteiger partial charge in [0.25, 0.3) is 0 Å². The zero-order valence-corrected chi connectivity index (χ0v) is 10.0. The zero-order valence-electron chi connectivity index (χ0n) is 10.0. The molecule has 1 aliphatic heterocycles. The molecule has 90 valence electrons. The van der Waals surface area contributed by atoms with Crippen molar-refractivity contribution >= 4 is 10.9 Å². The summed E-state index contributed by atoms with van der Waals surface area (Å²) in [5, 5.41) is 1.16. The molecule has 0 fully saturated rings. The Morgan fingerprint density at radius 1 is 1.29 bits per heavy atom. The van der Waals surface area contributed by atoms with Crippen molar-refractivity contribution in [3.63, 3.8) is 0 Å². The first-order chi connectivity index (χ1) is 8.12. The number of ether oxygens (including phenoxy) is 2. The molecule has 0 spiro atoms. The van der Waals surface area contributed by atoms with Gasteiger partial charge in [-0.15, -0.1) is 0 Å². The van der Waals surface area contributed by atoms with E-state index in [2.05, 4.69) is 18.8 Å². The number of H-pyrrole nitrogens is 1. The van der Waals surface area contributed by atoms with Crippen molar-refractivity contribution in [1.82, 2.24) is 4.98 Å². The topological polar surface area (TPSA) is 60.3 Å². The average molecular weight is 232 g/mol. The zero-order chi connectivity index (χ0) is 12.0. The fourth-order valence-electron chi connectivity index (χ4n) is 2.18. The third-order valence-corrected chi connectivity index (χ3v) is 3.41. The summed E-state index contributed by atoms with van der Waals surface area (Å²) in [5.41, 5.74) is 8.06. The highest BCUT2D eigenvalue weighted by atomic mass is 16.7. The fourth-order valence-corrected chi connectivity index (χ4v) is 2.18. The third-order valence-electron chi connectivity index (χ3n) is 3.41. The number of aromatic amines is 1. The molecule has 0 saturated heterocycles. The first-order valence-electron chi connectivity index (χ1n) is 5.73. The summed E-state index contributed by atoms with van der Waals surface area (Å²) in [6.45, 7) is 5.19.